The Hall–Kier alpha value is -4.18. The Labute approximate surface area is 303 Å². The van der Waals surface area contributed by atoms with E-state index in [4.69, 9.17) is 19.3 Å². The summed E-state index contributed by atoms with van der Waals surface area (Å²) in [5.41, 5.74) is 0.767. The van der Waals surface area contributed by atoms with Crippen LogP contribution < -0.4 is 5.32 Å². The summed E-state index contributed by atoms with van der Waals surface area (Å²) in [4.78, 5) is 43.1. The molecule has 3 aromatic rings. The maximum Gasteiger partial charge on any atom is 0.338 e. The molecule has 278 valence electrons. The molecule has 4 atom stereocenters. The number of aromatic nitrogens is 1. The summed E-state index contributed by atoms with van der Waals surface area (Å²) in [6.45, 7) is 6.04. The third kappa shape index (κ3) is 7.49. The molecule has 15 heteroatoms. The number of hydroxylamine groups is 2. The minimum Gasteiger partial charge on any atom is -0.463 e. The number of thiazole rings is 1. The first-order chi connectivity index (χ1) is 24.7. The van der Waals surface area contributed by atoms with E-state index in [0.29, 0.717) is 16.4 Å². The lowest BCUT2D eigenvalue weighted by Crippen LogP contribution is -2.50. The van der Waals surface area contributed by atoms with Crippen molar-refractivity contribution < 1.29 is 41.5 Å². The number of hydrogen-bond acceptors (Lipinski definition) is 11. The number of nitrogens with zero attached hydrogens (tertiary/aromatic N) is 4. The van der Waals surface area contributed by atoms with Gasteiger partial charge in [-0.3, -0.25) is 19.5 Å². The van der Waals surface area contributed by atoms with Crippen LogP contribution in [0.5, 0.6) is 0 Å². The number of benzene rings is 2. The molecule has 1 N–H and O–H groups in total. The van der Waals surface area contributed by atoms with Crippen LogP contribution in [0.25, 0.3) is 0 Å². The Morgan fingerprint density at radius 1 is 1.13 bits per heavy atom. The first-order valence-electron chi connectivity index (χ1n) is 17.0. The lowest BCUT2D eigenvalue weighted by atomic mass is 9.87. The number of hydrogen-bond donors (Lipinski definition) is 1. The van der Waals surface area contributed by atoms with Crippen LogP contribution >= 0.6 is 11.3 Å². The summed E-state index contributed by atoms with van der Waals surface area (Å²) in [5.74, 6) is -5.10. The average Bonchev–Trinajstić information content (AvgIpc) is 3.81. The van der Waals surface area contributed by atoms with Gasteiger partial charge in [0.05, 0.1) is 43.3 Å². The first-order valence-corrected chi connectivity index (χ1v) is 17.9. The SMILES string of the molecule is CCOC(=O)C1=C(CN2CC(F)(F)[C@@H]3[C@H]2CON3C[C@@H](F)C(C)(C)C(=O)OCc2ccccc2)NC(c2nc(C)cs2)=N[C@H]1c1cccc(F)c1C. The molecular formula is C37H41F4N5O5S. The molecule has 4 heterocycles. The third-order valence-corrected chi connectivity index (χ3v) is 10.6. The number of carbonyl (C=O) groups excluding carboxylic acids is 2. The fourth-order valence-electron chi connectivity index (χ4n) is 6.67. The van der Waals surface area contributed by atoms with Gasteiger partial charge < -0.3 is 14.8 Å². The van der Waals surface area contributed by atoms with Crippen LogP contribution in [0.1, 0.15) is 54.2 Å². The first kappa shape index (κ1) is 37.6. The van der Waals surface area contributed by atoms with Gasteiger partial charge in [-0.25, -0.2) is 27.3 Å². The van der Waals surface area contributed by atoms with E-state index < -0.39 is 66.5 Å². The van der Waals surface area contributed by atoms with Crippen molar-refractivity contribution in [2.24, 2.45) is 10.4 Å². The van der Waals surface area contributed by atoms with E-state index in [0.717, 1.165) is 16.3 Å². The molecule has 0 unspecified atom stereocenters. The molecule has 0 radical (unpaired) electrons. The maximum absolute atomic E-state index is 15.9. The van der Waals surface area contributed by atoms with Crippen molar-refractivity contribution >= 4 is 29.1 Å². The third-order valence-electron chi connectivity index (χ3n) is 9.67. The fourth-order valence-corrected chi connectivity index (χ4v) is 7.41. The molecule has 2 saturated heterocycles. The highest BCUT2D eigenvalue weighted by Gasteiger charge is 2.61. The minimum absolute atomic E-state index is 0.0303. The average molecular weight is 744 g/mol. The highest BCUT2D eigenvalue weighted by molar-refractivity contribution is 7.11. The molecule has 6 rings (SSSR count). The van der Waals surface area contributed by atoms with Gasteiger partial charge in [0, 0.05) is 23.3 Å². The number of ether oxygens (including phenoxy) is 2. The number of nitrogens with one attached hydrogen (secondary N) is 1. The summed E-state index contributed by atoms with van der Waals surface area (Å²) < 4.78 is 73.5. The standard InChI is InChI=1S/C37H41F4N5O5S/c1-6-49-34(47)29-26(43-32(33-42-21(2)19-52-33)44-30(29)24-13-10-14-25(38)22(24)3)15-45-20-37(40,41)31-27(45)18-51-46(31)16-28(39)36(4,5)35(48)50-17-23-11-8-7-9-12-23/h7-14,19,27-28,30-31H,6,15-18,20H2,1-5H3,(H,43,44)/t27-,28-,30+,31+/m1/s1. The van der Waals surface area contributed by atoms with Gasteiger partial charge >= 0.3 is 11.9 Å². The van der Waals surface area contributed by atoms with E-state index in [-0.39, 0.29) is 43.2 Å². The molecule has 0 spiro atoms. The Kier molecular flexibility index (Phi) is 10.9. The van der Waals surface area contributed by atoms with E-state index in [1.165, 1.54) is 42.2 Å². The van der Waals surface area contributed by atoms with Gasteiger partial charge in [-0.1, -0.05) is 42.5 Å². The van der Waals surface area contributed by atoms with Crippen molar-refractivity contribution in [3.8, 4) is 0 Å². The highest BCUT2D eigenvalue weighted by Crippen LogP contribution is 2.43. The van der Waals surface area contributed by atoms with Crippen LogP contribution in [0.3, 0.4) is 0 Å². The van der Waals surface area contributed by atoms with Crippen LogP contribution in [-0.4, -0.2) is 89.7 Å². The molecular weight excluding hydrogens is 702 g/mol. The summed E-state index contributed by atoms with van der Waals surface area (Å²) in [5, 5.41) is 6.42. The number of aliphatic imine (C=N–C) groups is 1. The summed E-state index contributed by atoms with van der Waals surface area (Å²) in [6, 6.07) is 9.92. The molecule has 0 amide bonds. The molecule has 3 aliphatic rings. The molecule has 0 saturated carbocycles. The molecule has 10 nitrogen and oxygen atoms in total. The van der Waals surface area contributed by atoms with Gasteiger partial charge in [-0.2, -0.15) is 5.06 Å². The van der Waals surface area contributed by atoms with Crippen LogP contribution in [0, 0.1) is 25.1 Å². The zero-order chi connectivity index (χ0) is 37.4. The van der Waals surface area contributed by atoms with Crippen molar-refractivity contribution in [2.75, 3.05) is 32.8 Å². The van der Waals surface area contributed by atoms with Crippen molar-refractivity contribution in [1.82, 2.24) is 20.3 Å². The van der Waals surface area contributed by atoms with E-state index in [2.05, 4.69) is 10.3 Å². The fraction of sp³-hybridized carbons (Fsp3) is 0.459. The Morgan fingerprint density at radius 3 is 2.58 bits per heavy atom. The van der Waals surface area contributed by atoms with E-state index in [9.17, 15) is 14.0 Å². The zero-order valence-electron chi connectivity index (χ0n) is 29.5. The topological polar surface area (TPSA) is 106 Å². The largest absolute Gasteiger partial charge is 0.463 e. The molecule has 3 aliphatic heterocycles. The number of amidine groups is 1. The number of rotatable bonds is 12. The van der Waals surface area contributed by atoms with E-state index >= 15 is 13.2 Å². The molecule has 52 heavy (non-hydrogen) atoms. The van der Waals surface area contributed by atoms with Crippen LogP contribution in [0.15, 0.2) is 70.2 Å². The number of halogens is 4. The van der Waals surface area contributed by atoms with Crippen molar-refractivity contribution in [3.05, 3.63) is 98.4 Å². The lowest BCUT2D eigenvalue weighted by molar-refractivity contribution is -0.197. The van der Waals surface area contributed by atoms with E-state index in [1.807, 2.05) is 18.4 Å². The number of aryl methyl sites for hydroxylation is 1. The quantitative estimate of drug-likeness (QED) is 0.181. The zero-order valence-corrected chi connectivity index (χ0v) is 30.3. The second kappa shape index (κ2) is 15.0. The van der Waals surface area contributed by atoms with Crippen LogP contribution in [0.4, 0.5) is 17.6 Å². The molecule has 1 aromatic heterocycles. The smallest absolute Gasteiger partial charge is 0.338 e. The van der Waals surface area contributed by atoms with Gasteiger partial charge in [-0.15, -0.1) is 11.3 Å². The highest BCUT2D eigenvalue weighted by atomic mass is 32.1. The Balaban J connectivity index is 1.26. The van der Waals surface area contributed by atoms with Gasteiger partial charge in [0.15, 0.2) is 10.8 Å². The number of esters is 2. The summed E-state index contributed by atoms with van der Waals surface area (Å²) in [6.07, 6.45) is -1.91. The number of alkyl halides is 3. The maximum atomic E-state index is 15.9. The number of likely N-dealkylation sites (tertiary alicyclic amines) is 1. The molecule has 0 aliphatic carbocycles. The second-order valence-electron chi connectivity index (χ2n) is 13.7. The molecule has 2 fully saturated rings. The van der Waals surface area contributed by atoms with Gasteiger partial charge in [-0.05, 0) is 57.4 Å². The van der Waals surface area contributed by atoms with Crippen LogP contribution in [0.2, 0.25) is 0 Å². The van der Waals surface area contributed by atoms with Gasteiger partial charge in [0.2, 0.25) is 0 Å². The minimum atomic E-state index is -3.36. The molecule has 0 bridgehead atoms. The molecule has 2 aromatic carbocycles. The second-order valence-corrected chi connectivity index (χ2v) is 14.5. The van der Waals surface area contributed by atoms with Crippen molar-refractivity contribution in [3.63, 3.8) is 0 Å². The van der Waals surface area contributed by atoms with Crippen molar-refractivity contribution in [1.29, 1.82) is 0 Å². The predicted molar refractivity (Wildman–Crippen MR) is 186 cm³/mol. The van der Waals surface area contributed by atoms with E-state index in [1.54, 1.807) is 44.2 Å². The van der Waals surface area contributed by atoms with Crippen molar-refractivity contribution in [2.45, 2.75) is 71.4 Å². The predicted octanol–water partition coefficient (Wildman–Crippen LogP) is 5.85. The summed E-state index contributed by atoms with van der Waals surface area (Å²) >= 11 is 1.31. The Morgan fingerprint density at radius 2 is 1.88 bits per heavy atom. The Bertz CT molecular complexity index is 1870. The van der Waals surface area contributed by atoms with Gasteiger partial charge in [0.25, 0.3) is 5.92 Å². The summed E-state index contributed by atoms with van der Waals surface area (Å²) in [7, 11) is 0. The van der Waals surface area contributed by atoms with Gasteiger partial charge in [0.1, 0.15) is 30.7 Å². The number of fused-ring (bicyclic) bond motifs is 1. The lowest BCUT2D eigenvalue weighted by Gasteiger charge is -2.32. The van der Waals surface area contributed by atoms with Crippen LogP contribution in [-0.2, 0) is 30.5 Å². The monoisotopic (exact) mass is 743 g/mol. The normalized spacial score (nSPS) is 22.5. The number of carbonyl (C=O) groups is 2.